The van der Waals surface area contributed by atoms with Gasteiger partial charge in [-0.2, -0.15) is 0 Å². The zero-order valence-electron chi connectivity index (χ0n) is 17.9. The minimum atomic E-state index is -0.234. The molecule has 7 heteroatoms. The van der Waals surface area contributed by atoms with Crippen LogP contribution in [0.1, 0.15) is 33.3 Å². The molecule has 1 aromatic carbocycles. The van der Waals surface area contributed by atoms with Gasteiger partial charge in [0.15, 0.2) is 5.96 Å². The molecule has 0 unspecified atom stereocenters. The number of para-hydroxylation sites is 1. The highest BCUT2D eigenvalue weighted by Gasteiger charge is 2.18. The Morgan fingerprint density at radius 3 is 2.43 bits per heavy atom. The summed E-state index contributed by atoms with van der Waals surface area (Å²) in [4.78, 5) is 20.0. The van der Waals surface area contributed by atoms with Crippen molar-refractivity contribution in [2.45, 2.75) is 39.8 Å². The molecule has 1 aromatic rings. The highest BCUT2D eigenvalue weighted by molar-refractivity contribution is 5.79. The number of amides is 1. The lowest BCUT2D eigenvalue weighted by Crippen LogP contribution is -2.50. The summed E-state index contributed by atoms with van der Waals surface area (Å²) in [6, 6.07) is 8.07. The lowest BCUT2D eigenvalue weighted by atomic mass is 10.1. The van der Waals surface area contributed by atoms with Crippen LogP contribution in [0.25, 0.3) is 0 Å². The number of hydrogen-bond acceptors (Lipinski definition) is 4. The Labute approximate surface area is 169 Å². The Bertz CT molecular complexity index is 661. The number of rotatable bonds is 6. The second kappa shape index (κ2) is 10.3. The predicted molar refractivity (Wildman–Crippen MR) is 114 cm³/mol. The van der Waals surface area contributed by atoms with E-state index in [1.165, 1.54) is 0 Å². The van der Waals surface area contributed by atoms with Crippen molar-refractivity contribution in [1.29, 1.82) is 0 Å². The van der Waals surface area contributed by atoms with E-state index in [1.807, 2.05) is 43.9 Å². The molecule has 1 aliphatic rings. The molecule has 0 aromatic heterocycles. The van der Waals surface area contributed by atoms with Gasteiger partial charge >= 0.3 is 0 Å². The largest absolute Gasteiger partial charge is 0.488 e. The first kappa shape index (κ1) is 22.0. The molecule has 0 bridgehead atoms. The van der Waals surface area contributed by atoms with E-state index in [9.17, 15) is 4.79 Å². The van der Waals surface area contributed by atoms with Crippen LogP contribution < -0.4 is 15.4 Å². The number of piperazine rings is 1. The molecule has 28 heavy (non-hydrogen) atoms. The molecule has 1 fully saturated rings. The third kappa shape index (κ3) is 7.38. The average molecular weight is 390 g/mol. The molecule has 0 radical (unpaired) electrons. The second-order valence-corrected chi connectivity index (χ2v) is 8.02. The molecule has 0 spiro atoms. The minimum Gasteiger partial charge on any atom is -0.488 e. The molecule has 1 saturated heterocycles. The Morgan fingerprint density at radius 2 is 1.82 bits per heavy atom. The van der Waals surface area contributed by atoms with Crippen molar-refractivity contribution in [3.05, 3.63) is 29.8 Å². The maximum atomic E-state index is 11.4. The highest BCUT2D eigenvalue weighted by atomic mass is 16.5. The van der Waals surface area contributed by atoms with Gasteiger partial charge in [-0.05, 0) is 26.8 Å². The summed E-state index contributed by atoms with van der Waals surface area (Å²) in [6.45, 7) is 13.6. The maximum Gasteiger partial charge on any atom is 0.219 e. The fourth-order valence-corrected chi connectivity index (χ4v) is 3.10. The van der Waals surface area contributed by atoms with Gasteiger partial charge < -0.3 is 20.3 Å². The van der Waals surface area contributed by atoms with Crippen molar-refractivity contribution in [1.82, 2.24) is 20.4 Å². The first-order chi connectivity index (χ1) is 13.3. The van der Waals surface area contributed by atoms with Crippen molar-refractivity contribution in [2.75, 3.05) is 46.3 Å². The van der Waals surface area contributed by atoms with Crippen LogP contribution in [0.5, 0.6) is 5.75 Å². The maximum absolute atomic E-state index is 11.4. The van der Waals surface area contributed by atoms with Crippen LogP contribution >= 0.6 is 0 Å². The average Bonchev–Trinajstić information content (AvgIpc) is 2.64. The number of benzene rings is 1. The van der Waals surface area contributed by atoms with Crippen molar-refractivity contribution >= 4 is 11.9 Å². The standard InChI is InChI=1S/C21H35N5O2/c1-17(27)26-14-12-25(13-15-26)11-10-23-20(22-5)24-16-18-8-6-7-9-19(18)28-21(2,3)4/h6-9H,10-16H2,1-5H3,(H2,22,23,24). The van der Waals surface area contributed by atoms with Crippen molar-refractivity contribution in [3.8, 4) is 5.75 Å². The quantitative estimate of drug-likeness (QED) is 0.572. The monoisotopic (exact) mass is 389 g/mol. The summed E-state index contributed by atoms with van der Waals surface area (Å²) in [6.07, 6.45) is 0. The molecule has 0 saturated carbocycles. The van der Waals surface area contributed by atoms with Gasteiger partial charge in [0.25, 0.3) is 0 Å². The molecule has 0 atom stereocenters. The number of carbonyl (C=O) groups is 1. The molecule has 156 valence electrons. The molecule has 1 aliphatic heterocycles. The summed E-state index contributed by atoms with van der Waals surface area (Å²) in [5.74, 6) is 1.83. The van der Waals surface area contributed by atoms with Gasteiger partial charge in [0.05, 0.1) is 0 Å². The number of nitrogens with zero attached hydrogens (tertiary/aromatic N) is 3. The van der Waals surface area contributed by atoms with Crippen molar-refractivity contribution in [3.63, 3.8) is 0 Å². The summed E-state index contributed by atoms with van der Waals surface area (Å²) < 4.78 is 6.05. The minimum absolute atomic E-state index is 0.165. The van der Waals surface area contributed by atoms with Gasteiger partial charge in [-0.1, -0.05) is 18.2 Å². The van der Waals surface area contributed by atoms with E-state index in [-0.39, 0.29) is 11.5 Å². The van der Waals surface area contributed by atoms with Crippen molar-refractivity contribution < 1.29 is 9.53 Å². The Balaban J connectivity index is 1.76. The lowest BCUT2D eigenvalue weighted by Gasteiger charge is -2.34. The summed E-state index contributed by atoms with van der Waals surface area (Å²) >= 11 is 0. The number of guanidine groups is 1. The van der Waals surface area contributed by atoms with Crippen LogP contribution in [0.15, 0.2) is 29.3 Å². The number of nitrogens with one attached hydrogen (secondary N) is 2. The van der Waals surface area contributed by atoms with Gasteiger partial charge in [0.2, 0.25) is 5.91 Å². The van der Waals surface area contributed by atoms with Crippen LogP contribution in [0, 0.1) is 0 Å². The molecule has 1 heterocycles. The Morgan fingerprint density at radius 1 is 1.14 bits per heavy atom. The fourth-order valence-electron chi connectivity index (χ4n) is 3.10. The molecule has 2 N–H and O–H groups in total. The number of ether oxygens (including phenoxy) is 1. The third-order valence-corrected chi connectivity index (χ3v) is 4.60. The zero-order valence-corrected chi connectivity index (χ0v) is 17.9. The van der Waals surface area contributed by atoms with Crippen LogP contribution in [-0.4, -0.2) is 73.6 Å². The first-order valence-corrected chi connectivity index (χ1v) is 9.98. The van der Waals surface area contributed by atoms with Gasteiger partial charge in [-0.25, -0.2) is 0 Å². The molecular formula is C21H35N5O2. The van der Waals surface area contributed by atoms with Gasteiger partial charge in [0.1, 0.15) is 11.4 Å². The Kier molecular flexibility index (Phi) is 8.11. The van der Waals surface area contributed by atoms with E-state index < -0.39 is 0 Å². The molecule has 1 amide bonds. The normalized spacial score (nSPS) is 16.0. The summed E-state index contributed by atoms with van der Waals surface area (Å²) in [7, 11) is 1.78. The predicted octanol–water partition coefficient (Wildman–Crippen LogP) is 1.69. The Hall–Kier alpha value is -2.28. The van der Waals surface area contributed by atoms with Gasteiger partial charge in [-0.3, -0.25) is 14.7 Å². The SMILES string of the molecule is CN=C(NCCN1CCN(C(C)=O)CC1)NCc1ccccc1OC(C)(C)C. The van der Waals surface area contributed by atoms with Gasteiger partial charge in [-0.15, -0.1) is 0 Å². The number of hydrogen-bond donors (Lipinski definition) is 2. The smallest absolute Gasteiger partial charge is 0.219 e. The van der Waals surface area contributed by atoms with Crippen molar-refractivity contribution in [2.24, 2.45) is 4.99 Å². The summed E-state index contributed by atoms with van der Waals surface area (Å²) in [5, 5.41) is 6.72. The third-order valence-electron chi connectivity index (χ3n) is 4.60. The number of carbonyl (C=O) groups excluding carboxylic acids is 1. The second-order valence-electron chi connectivity index (χ2n) is 8.02. The van der Waals surface area contributed by atoms with Crippen LogP contribution in [0.3, 0.4) is 0 Å². The van der Waals surface area contributed by atoms with E-state index in [2.05, 4.69) is 26.6 Å². The lowest BCUT2D eigenvalue weighted by molar-refractivity contribution is -0.130. The fraction of sp³-hybridized carbons (Fsp3) is 0.619. The van der Waals surface area contributed by atoms with E-state index in [0.29, 0.717) is 6.54 Å². The van der Waals surface area contributed by atoms with Crippen LogP contribution in [0.4, 0.5) is 0 Å². The van der Waals surface area contributed by atoms with E-state index in [0.717, 1.165) is 56.5 Å². The summed E-state index contributed by atoms with van der Waals surface area (Å²) in [5.41, 5.74) is 0.864. The zero-order chi connectivity index (χ0) is 20.6. The first-order valence-electron chi connectivity index (χ1n) is 9.98. The topological polar surface area (TPSA) is 69.2 Å². The molecule has 2 rings (SSSR count). The van der Waals surface area contributed by atoms with E-state index in [4.69, 9.17) is 4.74 Å². The number of aliphatic imine (C=N–C) groups is 1. The van der Waals surface area contributed by atoms with Crippen LogP contribution in [-0.2, 0) is 11.3 Å². The van der Waals surface area contributed by atoms with E-state index in [1.54, 1.807) is 14.0 Å². The van der Waals surface area contributed by atoms with E-state index >= 15 is 0 Å². The van der Waals surface area contributed by atoms with Crippen LogP contribution in [0.2, 0.25) is 0 Å². The molecular weight excluding hydrogens is 354 g/mol. The highest BCUT2D eigenvalue weighted by Crippen LogP contribution is 2.22. The molecule has 7 nitrogen and oxygen atoms in total. The van der Waals surface area contributed by atoms with Gasteiger partial charge in [0, 0.05) is 65.3 Å². The molecule has 0 aliphatic carbocycles.